The molecular formula is C21H36N4O6. The van der Waals surface area contributed by atoms with Gasteiger partial charge in [-0.1, -0.05) is 27.7 Å². The van der Waals surface area contributed by atoms with Crippen LogP contribution in [0.25, 0.3) is 0 Å². The summed E-state index contributed by atoms with van der Waals surface area (Å²) in [4.78, 5) is 45.2. The molecule has 1 amide bonds. The number of guanidine groups is 1. The Kier molecular flexibility index (Phi) is 11.0. The number of hydrogen-bond donors (Lipinski definition) is 3. The Balaban J connectivity index is 3.22. The predicted molar refractivity (Wildman–Crippen MR) is 116 cm³/mol. The smallest absolute Gasteiger partial charge is 0.334 e. The van der Waals surface area contributed by atoms with Gasteiger partial charge in [-0.05, 0) is 25.8 Å². The Morgan fingerprint density at radius 3 is 2.39 bits per heavy atom. The quantitative estimate of drug-likeness (QED) is 0.211. The Morgan fingerprint density at radius 1 is 1.23 bits per heavy atom. The highest BCUT2D eigenvalue weighted by Crippen LogP contribution is 2.27. The summed E-state index contributed by atoms with van der Waals surface area (Å²) in [7, 11) is 0. The topological polar surface area (TPSA) is 141 Å². The fourth-order valence-electron chi connectivity index (χ4n) is 3.11. The van der Waals surface area contributed by atoms with Crippen LogP contribution >= 0.6 is 0 Å². The van der Waals surface area contributed by atoms with Crippen LogP contribution in [0, 0.1) is 5.92 Å². The van der Waals surface area contributed by atoms with Gasteiger partial charge in [-0.2, -0.15) is 5.48 Å². The van der Waals surface area contributed by atoms with Crippen LogP contribution in [0.4, 0.5) is 0 Å². The first-order valence-electron chi connectivity index (χ1n) is 10.7. The van der Waals surface area contributed by atoms with Crippen LogP contribution in [0.1, 0.15) is 60.8 Å². The summed E-state index contributed by atoms with van der Waals surface area (Å²) in [6.45, 7) is 10.7. The fraction of sp³-hybridized carbons (Fsp3) is 0.714. The summed E-state index contributed by atoms with van der Waals surface area (Å²) < 4.78 is 11.3. The number of hydroxylamine groups is 1. The largest absolute Gasteiger partial charge is 0.463 e. The second-order valence-corrected chi connectivity index (χ2v) is 7.64. The van der Waals surface area contributed by atoms with E-state index in [0.29, 0.717) is 5.57 Å². The normalized spacial score (nSPS) is 21.5. The molecular weight excluding hydrogens is 404 g/mol. The molecule has 0 heterocycles. The second kappa shape index (κ2) is 12.9. The van der Waals surface area contributed by atoms with Crippen LogP contribution in [0.15, 0.2) is 16.6 Å². The monoisotopic (exact) mass is 440 g/mol. The maximum absolute atomic E-state index is 12.4. The van der Waals surface area contributed by atoms with Crippen LogP contribution in [0.2, 0.25) is 0 Å². The van der Waals surface area contributed by atoms with E-state index in [2.05, 4.69) is 15.8 Å². The molecule has 0 aromatic heterocycles. The van der Waals surface area contributed by atoms with Crippen LogP contribution in [-0.4, -0.2) is 54.7 Å². The zero-order valence-electron chi connectivity index (χ0n) is 19.3. The lowest BCUT2D eigenvalue weighted by molar-refractivity contribution is -0.151. The molecule has 10 nitrogen and oxygen atoms in total. The molecule has 0 saturated carbocycles. The van der Waals surface area contributed by atoms with Gasteiger partial charge in [0.25, 0.3) is 0 Å². The van der Waals surface area contributed by atoms with Crippen molar-refractivity contribution < 1.29 is 28.7 Å². The van der Waals surface area contributed by atoms with Crippen molar-refractivity contribution in [1.82, 2.24) is 10.8 Å². The van der Waals surface area contributed by atoms with Gasteiger partial charge >= 0.3 is 11.9 Å². The molecule has 0 aromatic rings. The van der Waals surface area contributed by atoms with E-state index < -0.39 is 30.1 Å². The molecule has 0 bridgehead atoms. The van der Waals surface area contributed by atoms with Crippen molar-refractivity contribution in [2.75, 3.05) is 6.61 Å². The van der Waals surface area contributed by atoms with Crippen LogP contribution in [0.5, 0.6) is 0 Å². The van der Waals surface area contributed by atoms with E-state index >= 15 is 0 Å². The molecule has 0 unspecified atom stereocenters. The number of carbonyl (C=O) groups is 3. The average molecular weight is 441 g/mol. The highest BCUT2D eigenvalue weighted by Gasteiger charge is 2.38. The van der Waals surface area contributed by atoms with Crippen molar-refractivity contribution in [1.29, 1.82) is 0 Å². The van der Waals surface area contributed by atoms with Gasteiger partial charge in [0.2, 0.25) is 11.9 Å². The third kappa shape index (κ3) is 8.56. The minimum Gasteiger partial charge on any atom is -0.463 e. The lowest BCUT2D eigenvalue weighted by Crippen LogP contribution is -2.54. The van der Waals surface area contributed by atoms with E-state index in [9.17, 15) is 14.4 Å². The molecule has 31 heavy (non-hydrogen) atoms. The minimum atomic E-state index is -0.641. The molecule has 4 N–H and O–H groups in total. The van der Waals surface area contributed by atoms with Gasteiger partial charge in [0.05, 0.1) is 36.8 Å². The maximum atomic E-state index is 12.4. The highest BCUT2D eigenvalue weighted by molar-refractivity contribution is 5.89. The maximum Gasteiger partial charge on any atom is 0.334 e. The molecule has 0 aromatic carbocycles. The van der Waals surface area contributed by atoms with Crippen molar-refractivity contribution in [3.05, 3.63) is 11.6 Å². The van der Waals surface area contributed by atoms with E-state index in [1.165, 1.54) is 6.92 Å². The molecule has 0 radical (unpaired) electrons. The molecule has 1 aliphatic carbocycles. The third-order valence-electron chi connectivity index (χ3n) is 4.76. The summed E-state index contributed by atoms with van der Waals surface area (Å²) in [5.74, 6) is -1.74. The SMILES string of the molecule is CCOC(=O)C1=C[C@@H](OC(CC)CC)[C@H](NC(C)=O)[C@@H](N=C(N)NOC(=O)C(C)C)C1. The number of amides is 1. The number of ether oxygens (including phenoxy) is 2. The third-order valence-corrected chi connectivity index (χ3v) is 4.76. The standard InChI is InChI=1S/C21H36N4O6/c1-7-15(8-2)30-17-11-14(20(28)29-9-3)10-16(18(17)23-13(6)26)24-21(22)25-31-19(27)12(4)5/h11-12,15-18H,7-10H2,1-6H3,(H,23,26)(H3,22,24,25)/t16-,17+,18+/m0/s1. The lowest BCUT2D eigenvalue weighted by atomic mass is 9.88. The van der Waals surface area contributed by atoms with Crippen LogP contribution in [-0.2, 0) is 28.7 Å². The fourth-order valence-corrected chi connectivity index (χ4v) is 3.11. The number of nitrogens with one attached hydrogen (secondary N) is 2. The first kappa shape index (κ1) is 26.4. The van der Waals surface area contributed by atoms with E-state index in [4.69, 9.17) is 20.0 Å². The Morgan fingerprint density at radius 2 is 1.87 bits per heavy atom. The van der Waals surface area contributed by atoms with Crippen LogP contribution in [0.3, 0.4) is 0 Å². The Hall–Kier alpha value is -2.62. The number of aliphatic imine (C=N–C) groups is 1. The van der Waals surface area contributed by atoms with Crippen molar-refractivity contribution in [3.63, 3.8) is 0 Å². The zero-order valence-corrected chi connectivity index (χ0v) is 19.3. The van der Waals surface area contributed by atoms with Crippen molar-refractivity contribution in [2.45, 2.75) is 85.1 Å². The number of rotatable bonds is 9. The number of nitrogens with two attached hydrogens (primary N) is 1. The van der Waals surface area contributed by atoms with Gasteiger partial charge in [0.15, 0.2) is 0 Å². The summed E-state index contributed by atoms with van der Waals surface area (Å²) in [5.41, 5.74) is 8.61. The van der Waals surface area contributed by atoms with E-state index in [0.717, 1.165) is 12.8 Å². The van der Waals surface area contributed by atoms with E-state index in [1.807, 2.05) is 13.8 Å². The molecule has 0 saturated heterocycles. The molecule has 10 heteroatoms. The van der Waals surface area contributed by atoms with Crippen molar-refractivity contribution in [2.24, 2.45) is 16.6 Å². The summed E-state index contributed by atoms with van der Waals surface area (Å²) in [6, 6.07) is -1.21. The molecule has 176 valence electrons. The van der Waals surface area contributed by atoms with Gasteiger partial charge in [-0.25, -0.2) is 14.6 Å². The van der Waals surface area contributed by atoms with E-state index in [-0.39, 0.29) is 36.9 Å². The Labute approximate surface area is 183 Å². The molecule has 3 atom stereocenters. The average Bonchev–Trinajstić information content (AvgIpc) is 2.71. The van der Waals surface area contributed by atoms with Crippen LogP contribution < -0.4 is 16.5 Å². The van der Waals surface area contributed by atoms with Gasteiger partial charge in [-0.3, -0.25) is 4.79 Å². The molecule has 1 rings (SSSR count). The first-order chi connectivity index (χ1) is 14.6. The summed E-state index contributed by atoms with van der Waals surface area (Å²) >= 11 is 0. The van der Waals surface area contributed by atoms with Crippen molar-refractivity contribution in [3.8, 4) is 0 Å². The van der Waals surface area contributed by atoms with Crippen molar-refractivity contribution >= 4 is 23.8 Å². The van der Waals surface area contributed by atoms with Gasteiger partial charge in [0, 0.05) is 18.9 Å². The number of nitrogens with zero attached hydrogens (tertiary/aromatic N) is 1. The minimum absolute atomic E-state index is 0.0637. The summed E-state index contributed by atoms with van der Waals surface area (Å²) in [6.07, 6.45) is 2.72. The zero-order chi connectivity index (χ0) is 23.6. The predicted octanol–water partition coefficient (Wildman–Crippen LogP) is 1.35. The van der Waals surface area contributed by atoms with Gasteiger partial charge < -0.3 is 25.4 Å². The molecule has 0 fully saturated rings. The lowest BCUT2D eigenvalue weighted by Gasteiger charge is -2.36. The van der Waals surface area contributed by atoms with Gasteiger partial charge in [-0.15, -0.1) is 0 Å². The molecule has 0 spiro atoms. The number of carbonyl (C=O) groups excluding carboxylic acids is 3. The molecule has 1 aliphatic rings. The van der Waals surface area contributed by atoms with E-state index in [1.54, 1.807) is 26.8 Å². The first-order valence-corrected chi connectivity index (χ1v) is 10.7. The number of esters is 1. The Bertz CT molecular complexity index is 687. The van der Waals surface area contributed by atoms with Gasteiger partial charge in [0.1, 0.15) is 0 Å². The summed E-state index contributed by atoms with van der Waals surface area (Å²) in [5, 5.41) is 2.86. The second-order valence-electron chi connectivity index (χ2n) is 7.64. The number of hydrogen-bond acceptors (Lipinski definition) is 7. The molecule has 0 aliphatic heterocycles. The highest BCUT2D eigenvalue weighted by atomic mass is 16.7.